The third-order valence-corrected chi connectivity index (χ3v) is 4.05. The van der Waals surface area contributed by atoms with E-state index in [1.165, 1.54) is 4.90 Å². The molecule has 0 spiro atoms. The van der Waals surface area contributed by atoms with Crippen molar-refractivity contribution in [3.63, 3.8) is 0 Å². The SMILES string of the molecule is CC(C)(C)OC(=O)N1CC(CC(=O)O)(OCC2CCOCC2)C1. The van der Waals surface area contributed by atoms with Crippen LogP contribution in [0.1, 0.15) is 40.0 Å². The van der Waals surface area contributed by atoms with Crippen molar-refractivity contribution in [2.24, 2.45) is 5.92 Å². The number of hydrogen-bond acceptors (Lipinski definition) is 5. The molecule has 0 aromatic heterocycles. The highest BCUT2D eigenvalue weighted by atomic mass is 16.6. The molecule has 23 heavy (non-hydrogen) atoms. The Bertz CT molecular complexity index is 432. The number of hydrogen-bond donors (Lipinski definition) is 1. The van der Waals surface area contributed by atoms with Gasteiger partial charge in [-0.2, -0.15) is 0 Å². The Labute approximate surface area is 136 Å². The van der Waals surface area contributed by atoms with E-state index in [1.807, 2.05) is 0 Å². The number of likely N-dealkylation sites (tertiary alicyclic amines) is 1. The van der Waals surface area contributed by atoms with Gasteiger partial charge in [0.15, 0.2) is 0 Å². The van der Waals surface area contributed by atoms with Crippen LogP contribution in [0.3, 0.4) is 0 Å². The normalized spacial score (nSPS) is 21.6. The minimum Gasteiger partial charge on any atom is -0.481 e. The Morgan fingerprint density at radius 3 is 2.39 bits per heavy atom. The molecule has 7 heteroatoms. The summed E-state index contributed by atoms with van der Waals surface area (Å²) in [7, 11) is 0. The molecule has 0 unspecified atom stereocenters. The maximum atomic E-state index is 12.0. The van der Waals surface area contributed by atoms with Crippen LogP contribution < -0.4 is 0 Å². The van der Waals surface area contributed by atoms with Gasteiger partial charge >= 0.3 is 12.1 Å². The van der Waals surface area contributed by atoms with E-state index in [4.69, 9.17) is 19.3 Å². The van der Waals surface area contributed by atoms with Crippen molar-refractivity contribution in [2.45, 2.75) is 51.2 Å². The summed E-state index contributed by atoms with van der Waals surface area (Å²) >= 11 is 0. The van der Waals surface area contributed by atoms with Crippen molar-refractivity contribution in [1.82, 2.24) is 4.90 Å². The fraction of sp³-hybridized carbons (Fsp3) is 0.875. The smallest absolute Gasteiger partial charge is 0.410 e. The standard InChI is InChI=1S/C16H27NO6/c1-15(2,3)23-14(20)17-10-16(11-17,8-13(18)19)22-9-12-4-6-21-7-5-12/h12H,4-11H2,1-3H3,(H,18,19). The Hall–Kier alpha value is -1.34. The third kappa shape index (κ3) is 5.35. The molecule has 1 amide bonds. The first kappa shape index (κ1) is 18.0. The van der Waals surface area contributed by atoms with Crippen LogP contribution in [0.15, 0.2) is 0 Å². The van der Waals surface area contributed by atoms with Gasteiger partial charge in [-0.1, -0.05) is 0 Å². The van der Waals surface area contributed by atoms with E-state index in [0.717, 1.165) is 26.1 Å². The molecule has 1 N–H and O–H groups in total. The topological polar surface area (TPSA) is 85.3 Å². The van der Waals surface area contributed by atoms with Gasteiger partial charge in [-0.25, -0.2) is 4.79 Å². The van der Waals surface area contributed by atoms with Crippen molar-refractivity contribution in [1.29, 1.82) is 0 Å². The molecule has 2 aliphatic heterocycles. The van der Waals surface area contributed by atoms with E-state index >= 15 is 0 Å². The first-order chi connectivity index (χ1) is 10.7. The van der Waals surface area contributed by atoms with Crippen molar-refractivity contribution in [3.05, 3.63) is 0 Å². The van der Waals surface area contributed by atoms with Gasteiger partial charge in [0.05, 0.1) is 26.1 Å². The second-order valence-electron chi connectivity index (χ2n) is 7.46. The summed E-state index contributed by atoms with van der Waals surface area (Å²) < 4.78 is 16.6. The molecule has 0 aromatic rings. The van der Waals surface area contributed by atoms with Gasteiger partial charge in [-0.3, -0.25) is 4.79 Å². The molecule has 0 radical (unpaired) electrons. The minimum atomic E-state index is -0.916. The highest BCUT2D eigenvalue weighted by Crippen LogP contribution is 2.32. The maximum Gasteiger partial charge on any atom is 0.410 e. The molecule has 0 saturated carbocycles. The quantitative estimate of drug-likeness (QED) is 0.829. The average molecular weight is 329 g/mol. The van der Waals surface area contributed by atoms with Gasteiger partial charge in [0, 0.05) is 13.2 Å². The van der Waals surface area contributed by atoms with Gasteiger partial charge < -0.3 is 24.2 Å². The molecular formula is C16H27NO6. The van der Waals surface area contributed by atoms with Gasteiger partial charge in [0.2, 0.25) is 0 Å². The van der Waals surface area contributed by atoms with Crippen molar-refractivity contribution < 1.29 is 28.9 Å². The Kier molecular flexibility index (Phi) is 5.52. The van der Waals surface area contributed by atoms with E-state index in [2.05, 4.69) is 0 Å². The molecule has 7 nitrogen and oxygen atoms in total. The first-order valence-corrected chi connectivity index (χ1v) is 8.11. The zero-order chi connectivity index (χ0) is 17.1. The zero-order valence-electron chi connectivity index (χ0n) is 14.2. The monoisotopic (exact) mass is 329 g/mol. The molecule has 0 aromatic carbocycles. The van der Waals surface area contributed by atoms with E-state index in [9.17, 15) is 9.59 Å². The Balaban J connectivity index is 1.86. The lowest BCUT2D eigenvalue weighted by atomic mass is 9.90. The number of carboxylic acid groups (broad SMARTS) is 1. The molecule has 2 rings (SSSR count). The molecule has 0 aliphatic carbocycles. The number of amides is 1. The van der Waals surface area contributed by atoms with Crippen molar-refractivity contribution in [2.75, 3.05) is 32.9 Å². The fourth-order valence-electron chi connectivity index (χ4n) is 2.84. The van der Waals surface area contributed by atoms with Crippen LogP contribution >= 0.6 is 0 Å². The summed E-state index contributed by atoms with van der Waals surface area (Å²) in [5.74, 6) is -0.522. The summed E-state index contributed by atoms with van der Waals surface area (Å²) in [4.78, 5) is 24.6. The molecular weight excluding hydrogens is 302 g/mol. The van der Waals surface area contributed by atoms with Crippen LogP contribution in [0.2, 0.25) is 0 Å². The summed E-state index contributed by atoms with van der Waals surface area (Å²) in [6, 6.07) is 0. The number of carbonyl (C=O) groups excluding carboxylic acids is 1. The zero-order valence-corrected chi connectivity index (χ0v) is 14.2. The lowest BCUT2D eigenvalue weighted by Gasteiger charge is -2.49. The van der Waals surface area contributed by atoms with Crippen LogP contribution in [0.25, 0.3) is 0 Å². The maximum absolute atomic E-state index is 12.0. The van der Waals surface area contributed by atoms with Crippen LogP contribution in [0.5, 0.6) is 0 Å². The predicted octanol–water partition coefficient (Wildman–Crippen LogP) is 1.89. The number of carbonyl (C=O) groups is 2. The molecule has 0 atom stereocenters. The Morgan fingerprint density at radius 2 is 1.87 bits per heavy atom. The van der Waals surface area contributed by atoms with E-state index in [1.54, 1.807) is 20.8 Å². The molecule has 2 saturated heterocycles. The highest BCUT2D eigenvalue weighted by Gasteiger charge is 2.49. The minimum absolute atomic E-state index is 0.102. The van der Waals surface area contributed by atoms with Crippen LogP contribution in [-0.2, 0) is 19.0 Å². The predicted molar refractivity (Wildman–Crippen MR) is 82.3 cm³/mol. The van der Waals surface area contributed by atoms with Gasteiger partial charge in [-0.05, 0) is 39.5 Å². The number of ether oxygens (including phenoxy) is 3. The van der Waals surface area contributed by atoms with E-state index in [-0.39, 0.29) is 19.5 Å². The second-order valence-corrected chi connectivity index (χ2v) is 7.46. The van der Waals surface area contributed by atoms with Gasteiger partial charge in [0.1, 0.15) is 11.2 Å². The average Bonchev–Trinajstić information content (AvgIpc) is 2.39. The number of aliphatic carboxylic acids is 1. The number of nitrogens with zero attached hydrogens (tertiary/aromatic N) is 1. The third-order valence-electron chi connectivity index (χ3n) is 4.05. The largest absolute Gasteiger partial charge is 0.481 e. The lowest BCUT2D eigenvalue weighted by Crippen LogP contribution is -2.66. The summed E-state index contributed by atoms with van der Waals surface area (Å²) in [5, 5.41) is 9.13. The number of carboxylic acids is 1. The van der Waals surface area contributed by atoms with Crippen molar-refractivity contribution in [3.8, 4) is 0 Å². The molecule has 2 fully saturated rings. The van der Waals surface area contributed by atoms with Crippen LogP contribution in [0, 0.1) is 5.92 Å². The van der Waals surface area contributed by atoms with Gasteiger partial charge in [0.25, 0.3) is 0 Å². The highest BCUT2D eigenvalue weighted by molar-refractivity contribution is 5.72. The molecule has 2 aliphatic rings. The molecule has 2 heterocycles. The summed E-state index contributed by atoms with van der Waals surface area (Å²) in [5.41, 5.74) is -1.36. The first-order valence-electron chi connectivity index (χ1n) is 8.11. The Morgan fingerprint density at radius 1 is 1.26 bits per heavy atom. The van der Waals surface area contributed by atoms with Gasteiger partial charge in [-0.15, -0.1) is 0 Å². The lowest BCUT2D eigenvalue weighted by molar-refractivity contribution is -0.172. The molecule has 0 bridgehead atoms. The number of rotatable bonds is 5. The van der Waals surface area contributed by atoms with Crippen molar-refractivity contribution >= 4 is 12.1 Å². The summed E-state index contributed by atoms with van der Waals surface area (Å²) in [6.07, 6.45) is 1.33. The van der Waals surface area contributed by atoms with Crippen LogP contribution in [0.4, 0.5) is 4.79 Å². The van der Waals surface area contributed by atoms with E-state index in [0.29, 0.717) is 12.5 Å². The fourth-order valence-corrected chi connectivity index (χ4v) is 2.84. The molecule has 132 valence electrons. The van der Waals surface area contributed by atoms with E-state index < -0.39 is 23.3 Å². The van der Waals surface area contributed by atoms with Crippen LogP contribution in [-0.4, -0.2) is 66.2 Å². The second kappa shape index (κ2) is 7.05. The summed E-state index contributed by atoms with van der Waals surface area (Å²) in [6.45, 7) is 7.89.